The predicted octanol–water partition coefficient (Wildman–Crippen LogP) is 2.69. The van der Waals surface area contributed by atoms with Crippen LogP contribution in [0.15, 0.2) is 60.7 Å². The van der Waals surface area contributed by atoms with Gasteiger partial charge in [0.15, 0.2) is 0 Å². The summed E-state index contributed by atoms with van der Waals surface area (Å²) in [5.41, 5.74) is 1.40. The van der Waals surface area contributed by atoms with Gasteiger partial charge in [-0.15, -0.1) is 24.3 Å². The van der Waals surface area contributed by atoms with Crippen LogP contribution in [0.5, 0.6) is 0 Å². The first kappa shape index (κ1) is 22.5. The first-order valence-corrected chi connectivity index (χ1v) is 7.37. The fourth-order valence-corrected chi connectivity index (χ4v) is 1.78. The Morgan fingerprint density at radius 2 is 0.880 bits per heavy atom. The van der Waals surface area contributed by atoms with Crippen LogP contribution < -0.4 is 0 Å². The van der Waals surface area contributed by atoms with E-state index in [0.29, 0.717) is 11.1 Å². The summed E-state index contributed by atoms with van der Waals surface area (Å²) in [5, 5.41) is 0. The average Bonchev–Trinajstić information content (AvgIpc) is 2.56. The SMILES string of the molecule is CC(=[OH+])[CH-]C(=[OH+])c1ccccc1.CC(=[OH+])[CH-]C(=[OH+])c1ccccc1.[Mo]. The molecule has 0 aliphatic heterocycles. The molecule has 130 valence electrons. The second kappa shape index (κ2) is 12.0. The Morgan fingerprint density at radius 1 is 0.600 bits per heavy atom. The molecule has 25 heavy (non-hydrogen) atoms. The van der Waals surface area contributed by atoms with Gasteiger partial charge in [-0.2, -0.15) is 0 Å². The first-order chi connectivity index (χ1) is 11.4. The van der Waals surface area contributed by atoms with Gasteiger partial charge in [0, 0.05) is 34.9 Å². The van der Waals surface area contributed by atoms with E-state index < -0.39 is 0 Å². The number of benzene rings is 2. The van der Waals surface area contributed by atoms with E-state index in [4.69, 9.17) is 9.59 Å². The third-order valence-electron chi connectivity index (χ3n) is 2.83. The van der Waals surface area contributed by atoms with Crippen LogP contribution in [-0.4, -0.2) is 42.3 Å². The maximum Gasteiger partial charge on any atom is 0.247 e. The normalized spacial score (nSPS) is 8.72. The van der Waals surface area contributed by atoms with E-state index in [1.165, 1.54) is 26.7 Å². The van der Waals surface area contributed by atoms with Crippen molar-refractivity contribution >= 4 is 23.1 Å². The van der Waals surface area contributed by atoms with E-state index >= 15 is 0 Å². The van der Waals surface area contributed by atoms with Gasteiger partial charge in [-0.3, -0.25) is 9.59 Å². The number of hydrogen-bond acceptors (Lipinski definition) is 0. The van der Waals surface area contributed by atoms with Gasteiger partial charge in [0.05, 0.1) is 0 Å². The monoisotopic (exact) mass is 424 g/mol. The Hall–Kier alpha value is -2.45. The molecule has 2 rings (SSSR count). The smallest absolute Gasteiger partial charge is 0.247 e. The van der Waals surface area contributed by atoms with Crippen molar-refractivity contribution in [2.45, 2.75) is 13.8 Å². The molecule has 0 amide bonds. The molecule has 0 aliphatic carbocycles. The fraction of sp³-hybridized carbons (Fsp3) is 0.100. The summed E-state index contributed by atoms with van der Waals surface area (Å²) in [6, 6.07) is 18.1. The number of rotatable bonds is 6. The van der Waals surface area contributed by atoms with E-state index in [1.807, 2.05) is 36.4 Å². The van der Waals surface area contributed by atoms with E-state index in [2.05, 4.69) is 0 Å². The average molecular weight is 422 g/mol. The van der Waals surface area contributed by atoms with Crippen molar-refractivity contribution in [3.63, 3.8) is 0 Å². The molecular weight excluding hydrogens is 400 g/mol. The van der Waals surface area contributed by atoms with E-state index in [1.54, 1.807) is 24.3 Å². The zero-order chi connectivity index (χ0) is 17.9. The Balaban J connectivity index is 0.000000443. The van der Waals surface area contributed by atoms with Crippen molar-refractivity contribution in [2.75, 3.05) is 0 Å². The molecule has 0 spiro atoms. The molecule has 0 aliphatic rings. The third-order valence-corrected chi connectivity index (χ3v) is 2.83. The zero-order valence-corrected chi connectivity index (χ0v) is 16.1. The van der Waals surface area contributed by atoms with Crippen molar-refractivity contribution in [3.05, 3.63) is 84.6 Å². The molecule has 0 heterocycles. The summed E-state index contributed by atoms with van der Waals surface area (Å²) in [7, 11) is 0. The van der Waals surface area contributed by atoms with E-state index in [9.17, 15) is 9.59 Å². The van der Waals surface area contributed by atoms with Crippen LogP contribution >= 0.6 is 0 Å². The molecule has 0 aromatic heterocycles. The number of carbonyl (C=O) groups excluding carboxylic acids is 4. The quantitative estimate of drug-likeness (QED) is 0.225. The van der Waals surface area contributed by atoms with Crippen LogP contribution in [0, 0.1) is 12.8 Å². The van der Waals surface area contributed by atoms with Gasteiger partial charge in [-0.05, 0) is 12.8 Å². The summed E-state index contributed by atoms with van der Waals surface area (Å²) in [6.45, 7) is 3.03. The predicted molar refractivity (Wildman–Crippen MR) is 98.8 cm³/mol. The summed E-state index contributed by atoms with van der Waals surface area (Å²) in [5.74, 6) is 0.346. The molecule has 0 radical (unpaired) electrons. The number of ketones is 4. The topological polar surface area (TPSA) is 85.6 Å². The van der Waals surface area contributed by atoms with Crippen LogP contribution in [-0.2, 0) is 21.1 Å². The zero-order valence-electron chi connectivity index (χ0n) is 14.1. The minimum Gasteiger partial charge on any atom is -0.313 e. The van der Waals surface area contributed by atoms with Crippen LogP contribution in [0.2, 0.25) is 0 Å². The Labute approximate surface area is 161 Å². The standard InChI is InChI=1S/2C10H9O2.Mo/c2*1-8(11)7-10(12)9-5-3-2-4-6-9;/h2*2-7H,1H3;/q2*-1;/p+4. The van der Waals surface area contributed by atoms with Crippen molar-refractivity contribution in [1.82, 2.24) is 0 Å². The molecule has 2 aromatic carbocycles. The minimum atomic E-state index is 0. The van der Waals surface area contributed by atoms with Gasteiger partial charge in [-0.1, -0.05) is 47.5 Å². The molecular formula is C20H22MoO4+2. The van der Waals surface area contributed by atoms with Gasteiger partial charge in [0.1, 0.15) is 0 Å². The Kier molecular flexibility index (Phi) is 10.8. The molecule has 0 unspecified atom stereocenters. The minimum absolute atomic E-state index is 0. The number of hydrogen-bond donors (Lipinski definition) is 0. The van der Waals surface area contributed by atoms with Gasteiger partial charge < -0.3 is 9.59 Å². The van der Waals surface area contributed by atoms with Crippen LogP contribution in [0.3, 0.4) is 0 Å². The molecule has 2 aromatic rings. The van der Waals surface area contributed by atoms with Gasteiger partial charge >= 0.3 is 0 Å². The van der Waals surface area contributed by atoms with Gasteiger partial charge in [0.25, 0.3) is 0 Å². The fourth-order valence-electron chi connectivity index (χ4n) is 1.78. The van der Waals surface area contributed by atoms with Crippen molar-refractivity contribution < 1.29 is 40.2 Å². The first-order valence-electron chi connectivity index (χ1n) is 7.37. The maximum atomic E-state index is 9.37. The van der Waals surface area contributed by atoms with Crippen molar-refractivity contribution in [2.24, 2.45) is 0 Å². The molecule has 0 saturated heterocycles. The molecule has 4 N–H and O–H groups in total. The molecule has 0 bridgehead atoms. The van der Waals surface area contributed by atoms with Crippen LogP contribution in [0.25, 0.3) is 0 Å². The van der Waals surface area contributed by atoms with E-state index in [0.717, 1.165) is 0 Å². The Morgan fingerprint density at radius 3 is 1.12 bits per heavy atom. The summed E-state index contributed by atoms with van der Waals surface area (Å²) >= 11 is 0. The molecule has 0 atom stereocenters. The summed E-state index contributed by atoms with van der Waals surface area (Å²) < 4.78 is 0. The Bertz CT molecular complexity index is 645. The molecule has 0 fully saturated rings. The third kappa shape index (κ3) is 9.43. The molecule has 5 heteroatoms. The molecule has 0 saturated carbocycles. The van der Waals surface area contributed by atoms with Gasteiger partial charge in [-0.25, -0.2) is 0 Å². The second-order valence-electron chi connectivity index (χ2n) is 5.07. The summed E-state index contributed by atoms with van der Waals surface area (Å²) in [4.78, 5) is 36.5. The van der Waals surface area contributed by atoms with Crippen molar-refractivity contribution in [1.29, 1.82) is 0 Å². The maximum absolute atomic E-state index is 9.37. The second-order valence-corrected chi connectivity index (χ2v) is 5.07. The van der Waals surface area contributed by atoms with Crippen molar-refractivity contribution in [3.8, 4) is 0 Å². The van der Waals surface area contributed by atoms with E-state index in [-0.39, 0.29) is 44.2 Å². The largest absolute Gasteiger partial charge is 0.313 e. The van der Waals surface area contributed by atoms with Crippen LogP contribution in [0.1, 0.15) is 25.0 Å². The summed E-state index contributed by atoms with van der Waals surface area (Å²) in [6.07, 6.45) is 2.63. The molecule has 4 nitrogen and oxygen atoms in total. The van der Waals surface area contributed by atoms with Gasteiger partial charge in [0.2, 0.25) is 23.1 Å². The van der Waals surface area contributed by atoms with Crippen LogP contribution in [0.4, 0.5) is 0 Å².